The second-order valence-electron chi connectivity index (χ2n) is 6.87. The number of benzene rings is 2. The van der Waals surface area contributed by atoms with E-state index in [1.54, 1.807) is 12.1 Å². The Hall–Kier alpha value is -3.48. The van der Waals surface area contributed by atoms with Crippen molar-refractivity contribution in [2.75, 3.05) is 28.6 Å². The van der Waals surface area contributed by atoms with Crippen LogP contribution in [0.1, 0.15) is 23.3 Å². The number of nitrogens with zero attached hydrogens (tertiary/aromatic N) is 2. The Morgan fingerprint density at radius 2 is 1.69 bits per heavy atom. The van der Waals surface area contributed by atoms with Crippen molar-refractivity contribution >= 4 is 28.7 Å². The molecule has 2 aromatic carbocycles. The van der Waals surface area contributed by atoms with Crippen LogP contribution in [0.5, 0.6) is 0 Å². The van der Waals surface area contributed by atoms with Crippen LogP contribution in [-0.4, -0.2) is 24.0 Å². The summed E-state index contributed by atoms with van der Waals surface area (Å²) in [5, 5.41) is 5.64. The number of rotatable bonds is 5. The Morgan fingerprint density at radius 1 is 0.931 bits per heavy atom. The van der Waals surface area contributed by atoms with Crippen LogP contribution in [-0.2, 0) is 0 Å². The van der Waals surface area contributed by atoms with Gasteiger partial charge in [0.05, 0.1) is 5.69 Å². The first-order valence-electron chi connectivity index (χ1n) is 9.43. The Kier molecular flexibility index (Phi) is 5.37. The van der Waals surface area contributed by atoms with Gasteiger partial charge in [0.1, 0.15) is 17.3 Å². The smallest absolute Gasteiger partial charge is 0.274 e. The molecule has 148 valence electrons. The normalized spacial score (nSPS) is 13.4. The summed E-state index contributed by atoms with van der Waals surface area (Å²) in [4.78, 5) is 18.8. The van der Waals surface area contributed by atoms with Crippen LogP contribution >= 0.6 is 0 Å². The highest BCUT2D eigenvalue weighted by molar-refractivity contribution is 6.03. The van der Waals surface area contributed by atoms with Gasteiger partial charge in [-0.3, -0.25) is 9.78 Å². The Labute approximate surface area is 167 Å². The van der Waals surface area contributed by atoms with E-state index in [9.17, 15) is 13.6 Å². The molecule has 1 fully saturated rings. The monoisotopic (exact) mass is 394 g/mol. The number of pyridine rings is 1. The lowest BCUT2D eigenvalue weighted by Gasteiger charge is -2.18. The summed E-state index contributed by atoms with van der Waals surface area (Å²) in [5.74, 6) is -2.13. The van der Waals surface area contributed by atoms with Gasteiger partial charge < -0.3 is 15.5 Å². The van der Waals surface area contributed by atoms with Gasteiger partial charge in [0.2, 0.25) is 0 Å². The molecule has 1 saturated heterocycles. The van der Waals surface area contributed by atoms with Gasteiger partial charge in [-0.1, -0.05) is 0 Å². The molecule has 0 unspecified atom stereocenters. The molecule has 0 saturated carbocycles. The predicted molar refractivity (Wildman–Crippen MR) is 110 cm³/mol. The van der Waals surface area contributed by atoms with Gasteiger partial charge in [-0.05, 0) is 61.4 Å². The molecule has 0 bridgehead atoms. The fourth-order valence-electron chi connectivity index (χ4n) is 3.31. The molecule has 1 aliphatic rings. The van der Waals surface area contributed by atoms with Crippen LogP contribution < -0.4 is 15.5 Å². The largest absolute Gasteiger partial charge is 0.372 e. The second-order valence-corrected chi connectivity index (χ2v) is 6.87. The van der Waals surface area contributed by atoms with Crippen LogP contribution in [0.4, 0.5) is 31.5 Å². The zero-order valence-electron chi connectivity index (χ0n) is 15.7. The summed E-state index contributed by atoms with van der Waals surface area (Å²) in [6, 6.07) is 14.4. The number of aromatic nitrogens is 1. The molecule has 3 aromatic rings. The van der Waals surface area contributed by atoms with Crippen LogP contribution in [0.2, 0.25) is 0 Å². The average molecular weight is 394 g/mol. The average Bonchev–Trinajstić information content (AvgIpc) is 3.26. The van der Waals surface area contributed by atoms with Crippen molar-refractivity contribution in [1.29, 1.82) is 0 Å². The molecule has 1 amide bonds. The first-order valence-corrected chi connectivity index (χ1v) is 9.43. The minimum absolute atomic E-state index is 0.103. The molecule has 0 radical (unpaired) electrons. The summed E-state index contributed by atoms with van der Waals surface area (Å²) in [7, 11) is 0. The summed E-state index contributed by atoms with van der Waals surface area (Å²) in [6.45, 7) is 2.18. The number of carbonyl (C=O) groups is 1. The quantitative estimate of drug-likeness (QED) is 0.643. The fourth-order valence-corrected chi connectivity index (χ4v) is 3.31. The third-order valence-corrected chi connectivity index (χ3v) is 4.80. The van der Waals surface area contributed by atoms with Gasteiger partial charge in [0.25, 0.3) is 5.91 Å². The summed E-state index contributed by atoms with van der Waals surface area (Å²) in [5.41, 5.74) is 2.78. The maximum atomic E-state index is 13.7. The van der Waals surface area contributed by atoms with E-state index in [4.69, 9.17) is 0 Å². The molecule has 0 aliphatic carbocycles. The first kappa shape index (κ1) is 18.9. The van der Waals surface area contributed by atoms with Gasteiger partial charge in [0, 0.05) is 42.4 Å². The fraction of sp³-hybridized carbons (Fsp3) is 0.182. The number of hydrogen-bond donors (Lipinski definition) is 2. The minimum atomic E-state index is -0.842. The molecule has 29 heavy (non-hydrogen) atoms. The predicted octanol–water partition coefficient (Wildman–Crippen LogP) is 4.96. The number of halogens is 2. The van der Waals surface area contributed by atoms with Crippen LogP contribution in [0.3, 0.4) is 0 Å². The molecule has 4 rings (SSSR count). The number of hydrogen-bond acceptors (Lipinski definition) is 4. The molecule has 7 heteroatoms. The minimum Gasteiger partial charge on any atom is -0.372 e. The van der Waals surface area contributed by atoms with Crippen LogP contribution in [0.25, 0.3) is 0 Å². The molecular weight excluding hydrogens is 374 g/mol. The van der Waals surface area contributed by atoms with Crippen LogP contribution in [0.15, 0.2) is 60.8 Å². The molecular formula is C22H20F2N4O. The van der Waals surface area contributed by atoms with E-state index in [1.165, 1.54) is 30.8 Å². The first-order chi connectivity index (χ1) is 14.1. The highest BCUT2D eigenvalue weighted by Gasteiger charge is 2.13. The zero-order chi connectivity index (χ0) is 20.2. The van der Waals surface area contributed by atoms with E-state index in [2.05, 4.69) is 32.7 Å². The Balaban J connectivity index is 1.44. The van der Waals surface area contributed by atoms with Gasteiger partial charge in [-0.25, -0.2) is 8.78 Å². The van der Waals surface area contributed by atoms with Gasteiger partial charge in [-0.2, -0.15) is 0 Å². The van der Waals surface area contributed by atoms with Crippen molar-refractivity contribution in [2.45, 2.75) is 12.8 Å². The number of nitrogens with one attached hydrogen (secondary N) is 2. The van der Waals surface area contributed by atoms with Crippen molar-refractivity contribution in [2.24, 2.45) is 0 Å². The summed E-state index contributed by atoms with van der Waals surface area (Å²) >= 11 is 0. The highest BCUT2D eigenvalue weighted by atomic mass is 19.1. The third-order valence-electron chi connectivity index (χ3n) is 4.80. The molecule has 2 N–H and O–H groups in total. The topological polar surface area (TPSA) is 57.3 Å². The third kappa shape index (κ3) is 4.51. The van der Waals surface area contributed by atoms with Gasteiger partial charge >= 0.3 is 0 Å². The van der Waals surface area contributed by atoms with Crippen molar-refractivity contribution in [3.05, 3.63) is 78.1 Å². The lowest BCUT2D eigenvalue weighted by Crippen LogP contribution is -2.17. The van der Waals surface area contributed by atoms with E-state index >= 15 is 0 Å². The SMILES string of the molecule is O=C(Nc1ccc(F)cc1F)c1cc(Nc2ccc(N3CCCC3)cc2)ccn1. The van der Waals surface area contributed by atoms with E-state index in [0.29, 0.717) is 11.8 Å². The summed E-state index contributed by atoms with van der Waals surface area (Å²) < 4.78 is 26.8. The molecule has 0 spiro atoms. The lowest BCUT2D eigenvalue weighted by molar-refractivity contribution is 0.102. The van der Waals surface area contributed by atoms with E-state index in [-0.39, 0.29) is 11.4 Å². The van der Waals surface area contributed by atoms with Crippen LogP contribution in [0, 0.1) is 11.6 Å². The van der Waals surface area contributed by atoms with E-state index < -0.39 is 17.5 Å². The van der Waals surface area contributed by atoms with Gasteiger partial charge in [-0.15, -0.1) is 0 Å². The molecule has 5 nitrogen and oxygen atoms in total. The standard InChI is InChI=1S/C22H20F2N4O/c23-15-3-8-20(19(24)13-15)27-22(29)21-14-17(9-10-25-21)26-16-4-6-18(7-5-16)28-11-1-2-12-28/h3-10,13-14H,1-2,11-12H2,(H,25,26)(H,27,29). The molecule has 1 aliphatic heterocycles. The Morgan fingerprint density at radius 3 is 2.41 bits per heavy atom. The highest BCUT2D eigenvalue weighted by Crippen LogP contribution is 2.24. The van der Waals surface area contributed by atoms with Crippen molar-refractivity contribution in [3.8, 4) is 0 Å². The molecule has 2 heterocycles. The van der Waals surface area contributed by atoms with E-state index in [0.717, 1.165) is 24.8 Å². The van der Waals surface area contributed by atoms with E-state index in [1.807, 2.05) is 12.1 Å². The summed E-state index contributed by atoms with van der Waals surface area (Å²) in [6.07, 6.45) is 3.95. The number of carbonyl (C=O) groups excluding carboxylic acids is 1. The Bertz CT molecular complexity index is 1020. The molecule has 1 aromatic heterocycles. The number of anilines is 4. The zero-order valence-corrected chi connectivity index (χ0v) is 15.7. The van der Waals surface area contributed by atoms with Crippen molar-refractivity contribution in [1.82, 2.24) is 4.98 Å². The van der Waals surface area contributed by atoms with Gasteiger partial charge in [0.15, 0.2) is 0 Å². The van der Waals surface area contributed by atoms with Crippen molar-refractivity contribution in [3.63, 3.8) is 0 Å². The maximum Gasteiger partial charge on any atom is 0.274 e. The molecule has 0 atom stereocenters. The second kappa shape index (κ2) is 8.26. The number of amides is 1. The lowest BCUT2D eigenvalue weighted by atomic mass is 10.2. The maximum absolute atomic E-state index is 13.7. The van der Waals surface area contributed by atoms with Crippen molar-refractivity contribution < 1.29 is 13.6 Å².